The Morgan fingerprint density at radius 2 is 2.00 bits per heavy atom. The lowest BCUT2D eigenvalue weighted by atomic mass is 10.1. The van der Waals surface area contributed by atoms with E-state index in [1.54, 1.807) is 13.0 Å². The van der Waals surface area contributed by atoms with Gasteiger partial charge in [-0.15, -0.1) is 6.58 Å². The van der Waals surface area contributed by atoms with Crippen molar-refractivity contribution in [2.24, 2.45) is 0 Å². The largest absolute Gasteiger partial charge is 0.442 e. The molecule has 1 saturated heterocycles. The number of amides is 1. The van der Waals surface area contributed by atoms with E-state index in [1.165, 1.54) is 20.1 Å². The Bertz CT molecular complexity index is 1030. The SMILES string of the molecule is C=CCn1cnc2oc(C)c(C(=O)N3CCN(S(C)(=O)=O)CC3)c2c1=O. The summed E-state index contributed by atoms with van der Waals surface area (Å²) in [4.78, 5) is 31.3. The van der Waals surface area contributed by atoms with Crippen LogP contribution in [0.5, 0.6) is 0 Å². The first-order valence-electron chi connectivity index (χ1n) is 8.08. The van der Waals surface area contributed by atoms with Gasteiger partial charge in [-0.25, -0.2) is 13.4 Å². The van der Waals surface area contributed by atoms with E-state index in [4.69, 9.17) is 4.42 Å². The molecule has 0 saturated carbocycles. The quantitative estimate of drug-likeness (QED) is 0.702. The second kappa shape index (κ2) is 6.69. The molecule has 140 valence electrons. The Labute approximate surface area is 150 Å². The highest BCUT2D eigenvalue weighted by molar-refractivity contribution is 7.88. The van der Waals surface area contributed by atoms with Gasteiger partial charge < -0.3 is 9.32 Å². The second-order valence-electron chi connectivity index (χ2n) is 6.16. The highest BCUT2D eigenvalue weighted by Gasteiger charge is 2.30. The van der Waals surface area contributed by atoms with Crippen molar-refractivity contribution in [3.8, 4) is 0 Å². The number of furan rings is 1. The number of nitrogens with zero attached hydrogens (tertiary/aromatic N) is 4. The van der Waals surface area contributed by atoms with Crippen LogP contribution in [0.3, 0.4) is 0 Å². The second-order valence-corrected chi connectivity index (χ2v) is 8.14. The molecule has 9 nitrogen and oxygen atoms in total. The lowest BCUT2D eigenvalue weighted by Crippen LogP contribution is -2.50. The van der Waals surface area contributed by atoms with Gasteiger partial charge in [0.15, 0.2) is 0 Å². The van der Waals surface area contributed by atoms with Crippen LogP contribution in [0.1, 0.15) is 16.1 Å². The standard InChI is InChI=1S/C16H20N4O5S/c1-4-5-19-10-17-14-13(16(19)22)12(11(2)25-14)15(21)18-6-8-20(9-7-18)26(3,23)24/h4,10H,1,5-9H2,2-3H3. The highest BCUT2D eigenvalue weighted by atomic mass is 32.2. The number of piperazine rings is 1. The summed E-state index contributed by atoms with van der Waals surface area (Å²) in [6.45, 7) is 6.42. The van der Waals surface area contributed by atoms with Crippen LogP contribution in [-0.4, -0.2) is 65.5 Å². The summed E-state index contributed by atoms with van der Waals surface area (Å²) in [5.41, 5.74) is -0.0699. The normalized spacial score (nSPS) is 16.2. The van der Waals surface area contributed by atoms with Crippen molar-refractivity contribution in [1.29, 1.82) is 0 Å². The Balaban J connectivity index is 1.96. The van der Waals surface area contributed by atoms with E-state index in [9.17, 15) is 18.0 Å². The zero-order valence-corrected chi connectivity index (χ0v) is 15.5. The zero-order chi connectivity index (χ0) is 19.1. The van der Waals surface area contributed by atoms with E-state index < -0.39 is 10.0 Å². The smallest absolute Gasteiger partial charge is 0.265 e. The summed E-state index contributed by atoms with van der Waals surface area (Å²) in [6, 6.07) is 0. The fourth-order valence-corrected chi connectivity index (χ4v) is 3.87. The monoisotopic (exact) mass is 380 g/mol. The first-order chi connectivity index (χ1) is 12.2. The molecule has 0 aliphatic carbocycles. The van der Waals surface area contributed by atoms with Crippen LogP contribution in [0, 0.1) is 6.92 Å². The molecule has 0 aromatic carbocycles. The summed E-state index contributed by atoms with van der Waals surface area (Å²) >= 11 is 0. The minimum Gasteiger partial charge on any atom is -0.442 e. The predicted octanol–water partition coefficient (Wildman–Crippen LogP) is 0.201. The molecule has 3 heterocycles. The van der Waals surface area contributed by atoms with Crippen LogP contribution in [0.2, 0.25) is 0 Å². The minimum atomic E-state index is -3.29. The lowest BCUT2D eigenvalue weighted by Gasteiger charge is -2.33. The van der Waals surface area contributed by atoms with E-state index >= 15 is 0 Å². The average molecular weight is 380 g/mol. The molecule has 0 spiro atoms. The van der Waals surface area contributed by atoms with Crippen LogP contribution in [-0.2, 0) is 16.6 Å². The fourth-order valence-electron chi connectivity index (χ4n) is 3.05. The zero-order valence-electron chi connectivity index (χ0n) is 14.6. The molecule has 26 heavy (non-hydrogen) atoms. The van der Waals surface area contributed by atoms with E-state index in [-0.39, 0.29) is 60.9 Å². The van der Waals surface area contributed by atoms with Gasteiger partial charge in [0.2, 0.25) is 15.7 Å². The molecule has 1 aliphatic rings. The van der Waals surface area contributed by atoms with E-state index in [0.29, 0.717) is 5.76 Å². The van der Waals surface area contributed by atoms with Gasteiger partial charge in [-0.1, -0.05) is 6.08 Å². The van der Waals surface area contributed by atoms with Crippen molar-refractivity contribution < 1.29 is 17.6 Å². The third-order valence-electron chi connectivity index (χ3n) is 4.39. The van der Waals surface area contributed by atoms with Crippen molar-refractivity contribution in [3.63, 3.8) is 0 Å². The number of rotatable bonds is 4. The Hall–Kier alpha value is -2.46. The Morgan fingerprint density at radius 3 is 2.58 bits per heavy atom. The summed E-state index contributed by atoms with van der Waals surface area (Å²) in [5, 5.41) is 0.141. The number of sulfonamides is 1. The minimum absolute atomic E-state index is 0.117. The van der Waals surface area contributed by atoms with Gasteiger partial charge in [-0.05, 0) is 6.92 Å². The maximum absolute atomic E-state index is 13.0. The summed E-state index contributed by atoms with van der Waals surface area (Å²) < 4.78 is 31.4. The van der Waals surface area contributed by atoms with E-state index in [0.717, 1.165) is 6.26 Å². The predicted molar refractivity (Wildman–Crippen MR) is 95.5 cm³/mol. The Morgan fingerprint density at radius 1 is 1.35 bits per heavy atom. The maximum Gasteiger partial charge on any atom is 0.265 e. The lowest BCUT2D eigenvalue weighted by molar-refractivity contribution is 0.0698. The van der Waals surface area contributed by atoms with Crippen molar-refractivity contribution in [1.82, 2.24) is 18.8 Å². The molecule has 0 atom stereocenters. The third-order valence-corrected chi connectivity index (χ3v) is 5.69. The van der Waals surface area contributed by atoms with Gasteiger partial charge >= 0.3 is 0 Å². The van der Waals surface area contributed by atoms with E-state index in [2.05, 4.69) is 11.6 Å². The van der Waals surface area contributed by atoms with Gasteiger partial charge in [-0.3, -0.25) is 14.2 Å². The summed E-state index contributed by atoms with van der Waals surface area (Å²) in [7, 11) is -3.29. The number of carbonyl (C=O) groups is 1. The van der Waals surface area contributed by atoms with Gasteiger partial charge in [0.25, 0.3) is 11.5 Å². The first-order valence-corrected chi connectivity index (χ1v) is 9.92. The molecule has 1 fully saturated rings. The van der Waals surface area contributed by atoms with Crippen LogP contribution < -0.4 is 5.56 Å². The molecule has 1 amide bonds. The highest BCUT2D eigenvalue weighted by Crippen LogP contribution is 2.23. The molecular formula is C16H20N4O5S. The number of hydrogen-bond acceptors (Lipinski definition) is 6. The number of hydrogen-bond donors (Lipinski definition) is 0. The number of aryl methyl sites for hydroxylation is 1. The van der Waals surface area contributed by atoms with Crippen molar-refractivity contribution in [3.05, 3.63) is 40.7 Å². The van der Waals surface area contributed by atoms with Gasteiger partial charge in [0.05, 0.1) is 11.8 Å². The number of fused-ring (bicyclic) bond motifs is 1. The van der Waals surface area contributed by atoms with Crippen molar-refractivity contribution in [2.45, 2.75) is 13.5 Å². The topological polar surface area (TPSA) is 106 Å². The molecule has 1 aliphatic heterocycles. The molecule has 0 bridgehead atoms. The molecule has 0 N–H and O–H groups in total. The third kappa shape index (κ3) is 3.17. The number of allylic oxidation sites excluding steroid dienone is 1. The fraction of sp³-hybridized carbons (Fsp3) is 0.438. The Kier molecular flexibility index (Phi) is 4.72. The van der Waals surface area contributed by atoms with Crippen molar-refractivity contribution >= 4 is 27.0 Å². The van der Waals surface area contributed by atoms with Crippen LogP contribution in [0.25, 0.3) is 11.1 Å². The van der Waals surface area contributed by atoms with Crippen LogP contribution in [0.4, 0.5) is 0 Å². The molecule has 10 heteroatoms. The molecule has 2 aromatic heterocycles. The first kappa shape index (κ1) is 18.3. The maximum atomic E-state index is 13.0. The molecule has 3 rings (SSSR count). The molecular weight excluding hydrogens is 360 g/mol. The number of aromatic nitrogens is 2. The van der Waals surface area contributed by atoms with Crippen molar-refractivity contribution in [2.75, 3.05) is 32.4 Å². The van der Waals surface area contributed by atoms with Gasteiger partial charge in [0.1, 0.15) is 17.5 Å². The van der Waals surface area contributed by atoms with Crippen LogP contribution >= 0.6 is 0 Å². The van der Waals surface area contributed by atoms with Gasteiger partial charge in [0, 0.05) is 32.7 Å². The van der Waals surface area contributed by atoms with Crippen LogP contribution in [0.15, 0.2) is 28.2 Å². The average Bonchev–Trinajstić information content (AvgIpc) is 2.93. The molecule has 0 radical (unpaired) electrons. The summed E-state index contributed by atoms with van der Waals surface area (Å²) in [5.74, 6) is -0.0406. The van der Waals surface area contributed by atoms with Gasteiger partial charge in [-0.2, -0.15) is 4.31 Å². The van der Waals surface area contributed by atoms with E-state index in [1.807, 2.05) is 0 Å². The summed E-state index contributed by atoms with van der Waals surface area (Å²) in [6.07, 6.45) is 4.06. The molecule has 2 aromatic rings. The number of carbonyl (C=O) groups excluding carboxylic acids is 1. The molecule has 0 unspecified atom stereocenters.